The minimum Gasteiger partial charge on any atom is -0.507 e. The summed E-state index contributed by atoms with van der Waals surface area (Å²) in [5, 5.41) is 9.06. The molecule has 0 spiro atoms. The fraction of sp³-hybridized carbons (Fsp3) is 0.462. The zero-order valence-corrected chi connectivity index (χ0v) is 10.2. The number of phenols is 1. The molecule has 0 unspecified atom stereocenters. The van der Waals surface area contributed by atoms with E-state index in [0.717, 1.165) is 0 Å². The van der Waals surface area contributed by atoms with E-state index in [-0.39, 0.29) is 11.5 Å². The molecule has 0 amide bonds. The molecule has 2 nitrogen and oxygen atoms in total. The third kappa shape index (κ3) is 7.74. The molecule has 0 atom stereocenters. The Balaban J connectivity index is 0.000000336. The topological polar surface area (TPSA) is 37.3 Å². The van der Waals surface area contributed by atoms with E-state index in [0.29, 0.717) is 11.0 Å². The molecule has 1 rings (SSSR count). The van der Waals surface area contributed by atoms with Gasteiger partial charge in [0.2, 0.25) is 0 Å². The average molecular weight is 208 g/mol. The minimum absolute atomic E-state index is 0.0509. The number of hydrogen-bond donors (Lipinski definition) is 1. The van der Waals surface area contributed by atoms with Crippen molar-refractivity contribution in [1.82, 2.24) is 0 Å². The predicted molar refractivity (Wildman–Crippen MR) is 63.2 cm³/mol. The highest BCUT2D eigenvalue weighted by Crippen LogP contribution is 2.15. The third-order valence-corrected chi connectivity index (χ3v) is 1.28. The molecule has 0 radical (unpaired) electrons. The van der Waals surface area contributed by atoms with Gasteiger partial charge < -0.3 is 5.11 Å². The lowest BCUT2D eigenvalue weighted by atomic mass is 10.0. The van der Waals surface area contributed by atoms with Crippen LogP contribution in [-0.2, 0) is 0 Å². The Morgan fingerprint density at radius 1 is 1.13 bits per heavy atom. The fourth-order valence-electron chi connectivity index (χ4n) is 0.771. The maximum atomic E-state index is 10.7. The summed E-state index contributed by atoms with van der Waals surface area (Å²) in [4.78, 5) is 10.7. The number of hydrogen-bond acceptors (Lipinski definition) is 2. The number of para-hydroxylation sites is 1. The van der Waals surface area contributed by atoms with Crippen molar-refractivity contribution in [3.63, 3.8) is 0 Å². The van der Waals surface area contributed by atoms with Crippen LogP contribution in [0.2, 0.25) is 0 Å². The van der Waals surface area contributed by atoms with E-state index >= 15 is 0 Å². The maximum absolute atomic E-state index is 10.7. The van der Waals surface area contributed by atoms with Crippen LogP contribution >= 0.6 is 0 Å². The number of aromatic hydroxyl groups is 1. The standard InChI is InChI=1S/C8H8O2.C5H12/c1-6(9)7-4-2-3-5-8(7)10;1-5(2,3)4/h2-5,10H,1H3;1-4H3. The Bertz CT molecular complexity index is 316. The van der Waals surface area contributed by atoms with Gasteiger partial charge in [-0.15, -0.1) is 0 Å². The van der Waals surface area contributed by atoms with Crippen LogP contribution in [0.25, 0.3) is 0 Å². The van der Waals surface area contributed by atoms with Crippen molar-refractivity contribution >= 4 is 5.78 Å². The number of Topliss-reactive ketones (excluding diaryl/α,β-unsaturated/α-hetero) is 1. The molecule has 0 bridgehead atoms. The summed E-state index contributed by atoms with van der Waals surface area (Å²) in [5.74, 6) is -0.0619. The van der Waals surface area contributed by atoms with Gasteiger partial charge in [-0.1, -0.05) is 39.8 Å². The Kier molecular flexibility index (Phi) is 5.06. The molecule has 0 aliphatic heterocycles. The summed E-state index contributed by atoms with van der Waals surface area (Å²) < 4.78 is 0. The van der Waals surface area contributed by atoms with Crippen molar-refractivity contribution in [2.45, 2.75) is 34.6 Å². The molecule has 1 N–H and O–H groups in total. The summed E-state index contributed by atoms with van der Waals surface area (Å²) in [5.41, 5.74) is 0.877. The van der Waals surface area contributed by atoms with Gasteiger partial charge >= 0.3 is 0 Å². The van der Waals surface area contributed by atoms with Crippen LogP contribution < -0.4 is 0 Å². The highest BCUT2D eigenvalue weighted by atomic mass is 16.3. The minimum atomic E-state index is -0.113. The molecule has 0 heterocycles. The van der Waals surface area contributed by atoms with E-state index in [2.05, 4.69) is 27.7 Å². The molecule has 84 valence electrons. The number of benzene rings is 1. The number of phenolic OH excluding ortho intramolecular Hbond substituents is 1. The largest absolute Gasteiger partial charge is 0.507 e. The van der Waals surface area contributed by atoms with Gasteiger partial charge in [0.05, 0.1) is 5.56 Å². The van der Waals surface area contributed by atoms with E-state index in [1.54, 1.807) is 18.2 Å². The summed E-state index contributed by atoms with van der Waals surface area (Å²) in [6.07, 6.45) is 0. The molecular weight excluding hydrogens is 188 g/mol. The molecule has 2 heteroatoms. The van der Waals surface area contributed by atoms with Gasteiger partial charge in [-0.25, -0.2) is 0 Å². The molecule has 0 fully saturated rings. The molecule has 1 aromatic carbocycles. The molecule has 0 aliphatic carbocycles. The monoisotopic (exact) mass is 208 g/mol. The van der Waals surface area contributed by atoms with E-state index in [1.807, 2.05) is 0 Å². The van der Waals surface area contributed by atoms with Crippen molar-refractivity contribution < 1.29 is 9.90 Å². The summed E-state index contributed by atoms with van der Waals surface area (Å²) in [6.45, 7) is 10.2. The molecule has 0 aromatic heterocycles. The second-order valence-electron chi connectivity index (χ2n) is 5.07. The van der Waals surface area contributed by atoms with Gasteiger partial charge in [-0.3, -0.25) is 4.79 Å². The van der Waals surface area contributed by atoms with Crippen molar-refractivity contribution in [2.75, 3.05) is 0 Å². The van der Waals surface area contributed by atoms with E-state index < -0.39 is 0 Å². The van der Waals surface area contributed by atoms with Crippen LogP contribution in [-0.4, -0.2) is 10.9 Å². The van der Waals surface area contributed by atoms with Crippen LogP contribution in [0.15, 0.2) is 24.3 Å². The van der Waals surface area contributed by atoms with Gasteiger partial charge in [0.15, 0.2) is 5.78 Å². The molecule has 0 aliphatic rings. The van der Waals surface area contributed by atoms with Crippen molar-refractivity contribution in [3.05, 3.63) is 29.8 Å². The first-order valence-electron chi connectivity index (χ1n) is 5.01. The number of carbonyl (C=O) groups is 1. The third-order valence-electron chi connectivity index (χ3n) is 1.28. The normalized spacial score (nSPS) is 10.2. The summed E-state index contributed by atoms with van der Waals surface area (Å²) >= 11 is 0. The lowest BCUT2D eigenvalue weighted by Gasteiger charge is -2.05. The molecule has 1 aromatic rings. The van der Waals surface area contributed by atoms with E-state index in [4.69, 9.17) is 5.11 Å². The smallest absolute Gasteiger partial charge is 0.163 e. The number of ketones is 1. The molecule has 0 saturated heterocycles. The second-order valence-corrected chi connectivity index (χ2v) is 5.07. The molecule has 0 saturated carbocycles. The first-order valence-corrected chi connectivity index (χ1v) is 5.01. The zero-order chi connectivity index (χ0) is 12.1. The quantitative estimate of drug-likeness (QED) is 0.715. The number of carbonyl (C=O) groups excluding carboxylic acids is 1. The predicted octanol–water partition coefficient (Wildman–Crippen LogP) is 3.65. The van der Waals surface area contributed by atoms with Crippen LogP contribution in [0, 0.1) is 5.41 Å². The summed E-state index contributed by atoms with van der Waals surface area (Å²) in [6, 6.07) is 6.49. The maximum Gasteiger partial charge on any atom is 0.163 e. The van der Waals surface area contributed by atoms with Crippen molar-refractivity contribution in [2.24, 2.45) is 5.41 Å². The van der Waals surface area contributed by atoms with E-state index in [1.165, 1.54) is 13.0 Å². The first-order chi connectivity index (χ1) is 6.72. The Morgan fingerprint density at radius 3 is 1.80 bits per heavy atom. The van der Waals surface area contributed by atoms with Crippen LogP contribution in [0.3, 0.4) is 0 Å². The van der Waals surface area contributed by atoms with E-state index in [9.17, 15) is 4.79 Å². The Morgan fingerprint density at radius 2 is 1.53 bits per heavy atom. The van der Waals surface area contributed by atoms with Gasteiger partial charge in [-0.2, -0.15) is 0 Å². The highest BCUT2D eigenvalue weighted by molar-refractivity contribution is 5.96. The van der Waals surface area contributed by atoms with Crippen molar-refractivity contribution in [1.29, 1.82) is 0 Å². The Hall–Kier alpha value is -1.31. The van der Waals surface area contributed by atoms with Crippen molar-refractivity contribution in [3.8, 4) is 5.75 Å². The van der Waals surface area contributed by atoms with Gasteiger partial charge in [0, 0.05) is 0 Å². The van der Waals surface area contributed by atoms with Crippen LogP contribution in [0.5, 0.6) is 5.75 Å². The summed E-state index contributed by atoms with van der Waals surface area (Å²) in [7, 11) is 0. The highest BCUT2D eigenvalue weighted by Gasteiger charge is 2.02. The van der Waals surface area contributed by atoms with Crippen LogP contribution in [0.1, 0.15) is 45.0 Å². The lowest BCUT2D eigenvalue weighted by molar-refractivity contribution is 0.101. The van der Waals surface area contributed by atoms with Gasteiger partial charge in [0.1, 0.15) is 5.75 Å². The molecular formula is C13H20O2. The number of rotatable bonds is 1. The van der Waals surface area contributed by atoms with Gasteiger partial charge in [0.25, 0.3) is 0 Å². The Labute approximate surface area is 91.9 Å². The fourth-order valence-corrected chi connectivity index (χ4v) is 0.771. The van der Waals surface area contributed by atoms with Crippen LogP contribution in [0.4, 0.5) is 0 Å². The first kappa shape index (κ1) is 13.7. The average Bonchev–Trinajstić information content (AvgIpc) is 2.01. The second kappa shape index (κ2) is 5.54. The lowest BCUT2D eigenvalue weighted by Crippen LogP contribution is -1.93. The molecule has 15 heavy (non-hydrogen) atoms. The SMILES string of the molecule is CC(=O)c1ccccc1O.CC(C)(C)C. The van der Waals surface area contributed by atoms with Gasteiger partial charge in [-0.05, 0) is 24.5 Å². The zero-order valence-electron chi connectivity index (χ0n) is 10.2.